The molecule has 0 saturated carbocycles. The standard InChI is InChI=1S/C12H10N2O3S/c1-9(8-13)6-7-14-12(15)10-4-2-3-5-11(10)18(14,16)17/h2-6H,7H2,1H3/b9-6-. The molecular formula is C12H10N2O3S. The minimum atomic E-state index is -3.77. The van der Waals surface area contributed by atoms with E-state index < -0.39 is 15.9 Å². The summed E-state index contributed by atoms with van der Waals surface area (Å²) in [5.74, 6) is -0.549. The van der Waals surface area contributed by atoms with Crippen LogP contribution >= 0.6 is 0 Å². The number of sulfonamides is 1. The molecule has 0 spiro atoms. The van der Waals surface area contributed by atoms with Crippen LogP contribution in [0, 0.1) is 11.3 Å². The van der Waals surface area contributed by atoms with E-state index in [-0.39, 0.29) is 17.0 Å². The molecule has 0 unspecified atom stereocenters. The molecule has 0 N–H and O–H groups in total. The first-order chi connectivity index (χ1) is 8.48. The van der Waals surface area contributed by atoms with Gasteiger partial charge < -0.3 is 0 Å². The number of hydrogen-bond donors (Lipinski definition) is 0. The number of carbonyl (C=O) groups is 1. The predicted octanol–water partition coefficient (Wildman–Crippen LogP) is 1.30. The highest BCUT2D eigenvalue weighted by Gasteiger charge is 2.39. The number of rotatable bonds is 2. The molecule has 92 valence electrons. The second kappa shape index (κ2) is 4.27. The summed E-state index contributed by atoms with van der Waals surface area (Å²) in [6.45, 7) is 1.44. The summed E-state index contributed by atoms with van der Waals surface area (Å²) >= 11 is 0. The number of carbonyl (C=O) groups excluding carboxylic acids is 1. The van der Waals surface area contributed by atoms with Gasteiger partial charge in [0.2, 0.25) is 0 Å². The Morgan fingerprint density at radius 2 is 2.11 bits per heavy atom. The van der Waals surface area contributed by atoms with E-state index in [1.165, 1.54) is 18.2 Å². The zero-order chi connectivity index (χ0) is 13.3. The number of nitriles is 1. The van der Waals surface area contributed by atoms with Crippen LogP contribution in [0.3, 0.4) is 0 Å². The van der Waals surface area contributed by atoms with Crippen molar-refractivity contribution in [2.45, 2.75) is 11.8 Å². The lowest BCUT2D eigenvalue weighted by molar-refractivity contribution is 0.0880. The van der Waals surface area contributed by atoms with E-state index >= 15 is 0 Å². The fourth-order valence-electron chi connectivity index (χ4n) is 1.68. The molecule has 1 aliphatic heterocycles. The van der Waals surface area contributed by atoms with Gasteiger partial charge in [0.1, 0.15) is 4.90 Å². The maximum absolute atomic E-state index is 12.1. The Morgan fingerprint density at radius 3 is 2.72 bits per heavy atom. The number of nitrogens with zero attached hydrogens (tertiary/aromatic N) is 2. The molecule has 0 saturated heterocycles. The molecule has 0 radical (unpaired) electrons. The van der Waals surface area contributed by atoms with Crippen LogP contribution in [0.2, 0.25) is 0 Å². The van der Waals surface area contributed by atoms with Gasteiger partial charge in [-0.2, -0.15) is 5.26 Å². The summed E-state index contributed by atoms with van der Waals surface area (Å²) in [5, 5.41) is 8.61. The van der Waals surface area contributed by atoms with Gasteiger partial charge in [0, 0.05) is 5.57 Å². The molecule has 1 aromatic carbocycles. The first kappa shape index (κ1) is 12.3. The quantitative estimate of drug-likeness (QED) is 0.752. The third kappa shape index (κ3) is 1.79. The van der Waals surface area contributed by atoms with Crippen molar-refractivity contribution in [1.29, 1.82) is 5.26 Å². The van der Waals surface area contributed by atoms with Gasteiger partial charge in [-0.1, -0.05) is 18.2 Å². The van der Waals surface area contributed by atoms with Crippen LogP contribution in [0.25, 0.3) is 0 Å². The third-order valence-electron chi connectivity index (χ3n) is 2.65. The fourth-order valence-corrected chi connectivity index (χ4v) is 3.19. The van der Waals surface area contributed by atoms with Crippen LogP contribution in [0.15, 0.2) is 40.8 Å². The second-order valence-corrected chi connectivity index (χ2v) is 5.67. The van der Waals surface area contributed by atoms with Crippen molar-refractivity contribution in [3.05, 3.63) is 41.5 Å². The molecule has 6 heteroatoms. The van der Waals surface area contributed by atoms with Crippen LogP contribution in [-0.4, -0.2) is 25.2 Å². The highest BCUT2D eigenvalue weighted by Crippen LogP contribution is 2.29. The van der Waals surface area contributed by atoms with Crippen LogP contribution in [0.1, 0.15) is 17.3 Å². The Balaban J connectivity index is 2.44. The number of fused-ring (bicyclic) bond motifs is 1. The number of hydrogen-bond acceptors (Lipinski definition) is 4. The Bertz CT molecular complexity index is 684. The van der Waals surface area contributed by atoms with Crippen LogP contribution in [-0.2, 0) is 10.0 Å². The molecule has 0 aliphatic carbocycles. The number of benzene rings is 1. The van der Waals surface area contributed by atoms with E-state index in [1.807, 2.05) is 6.07 Å². The van der Waals surface area contributed by atoms with Crippen LogP contribution < -0.4 is 0 Å². The largest absolute Gasteiger partial charge is 0.269 e. The Labute approximate surface area is 105 Å². The van der Waals surface area contributed by atoms with Gasteiger partial charge in [0.25, 0.3) is 15.9 Å². The minimum absolute atomic E-state index is 0.0259. The van der Waals surface area contributed by atoms with Crippen molar-refractivity contribution in [3.8, 4) is 6.07 Å². The lowest BCUT2D eigenvalue weighted by atomic mass is 10.2. The lowest BCUT2D eigenvalue weighted by Crippen LogP contribution is -2.30. The highest BCUT2D eigenvalue weighted by atomic mass is 32.2. The van der Waals surface area contributed by atoms with Gasteiger partial charge in [-0.25, -0.2) is 12.7 Å². The average molecular weight is 262 g/mol. The van der Waals surface area contributed by atoms with Crippen molar-refractivity contribution in [1.82, 2.24) is 4.31 Å². The summed E-state index contributed by atoms with van der Waals surface area (Å²) in [4.78, 5) is 12.0. The minimum Gasteiger partial charge on any atom is -0.268 e. The van der Waals surface area contributed by atoms with E-state index in [0.717, 1.165) is 4.31 Å². The normalized spacial score (nSPS) is 17.4. The molecule has 5 nitrogen and oxygen atoms in total. The van der Waals surface area contributed by atoms with Crippen molar-refractivity contribution in [2.75, 3.05) is 6.54 Å². The van der Waals surface area contributed by atoms with Crippen molar-refractivity contribution >= 4 is 15.9 Å². The van der Waals surface area contributed by atoms with Gasteiger partial charge in [-0.15, -0.1) is 0 Å². The van der Waals surface area contributed by atoms with Gasteiger partial charge in [0.05, 0.1) is 18.2 Å². The number of allylic oxidation sites excluding steroid dienone is 1. The third-order valence-corrected chi connectivity index (χ3v) is 4.46. The maximum Gasteiger partial charge on any atom is 0.269 e. The Hall–Kier alpha value is -2.13. The second-order valence-electron chi connectivity index (χ2n) is 3.84. The zero-order valence-electron chi connectivity index (χ0n) is 9.62. The van der Waals surface area contributed by atoms with Crippen molar-refractivity contribution < 1.29 is 13.2 Å². The monoisotopic (exact) mass is 262 g/mol. The molecular weight excluding hydrogens is 252 g/mol. The maximum atomic E-state index is 12.1. The van der Waals surface area contributed by atoms with Crippen molar-refractivity contribution in [2.24, 2.45) is 0 Å². The SMILES string of the molecule is C/C(C#N)=C/CN1C(=O)c2ccccc2S1(=O)=O. The van der Waals surface area contributed by atoms with Crippen molar-refractivity contribution in [3.63, 3.8) is 0 Å². The molecule has 0 aromatic heterocycles. The summed E-state index contributed by atoms with van der Waals surface area (Å²) in [7, 11) is -3.77. The van der Waals surface area contributed by atoms with E-state index in [0.29, 0.717) is 5.57 Å². The molecule has 0 bridgehead atoms. The smallest absolute Gasteiger partial charge is 0.268 e. The van der Waals surface area contributed by atoms with E-state index in [1.54, 1.807) is 19.1 Å². The van der Waals surface area contributed by atoms with E-state index in [9.17, 15) is 13.2 Å². The van der Waals surface area contributed by atoms with Gasteiger partial charge in [0.15, 0.2) is 0 Å². The Kier molecular flexibility index (Phi) is 2.93. The lowest BCUT2D eigenvalue weighted by Gasteiger charge is -2.12. The van der Waals surface area contributed by atoms with Crippen LogP contribution in [0.5, 0.6) is 0 Å². The van der Waals surface area contributed by atoms with Crippen LogP contribution in [0.4, 0.5) is 0 Å². The molecule has 1 amide bonds. The predicted molar refractivity (Wildman–Crippen MR) is 64.0 cm³/mol. The molecule has 18 heavy (non-hydrogen) atoms. The summed E-state index contributed by atoms with van der Waals surface area (Å²) in [6.07, 6.45) is 1.42. The van der Waals surface area contributed by atoms with E-state index in [2.05, 4.69) is 0 Å². The highest BCUT2D eigenvalue weighted by molar-refractivity contribution is 7.90. The number of amides is 1. The Morgan fingerprint density at radius 1 is 1.44 bits per heavy atom. The topological polar surface area (TPSA) is 78.2 Å². The van der Waals surface area contributed by atoms with E-state index in [4.69, 9.17) is 5.26 Å². The first-order valence-electron chi connectivity index (χ1n) is 5.21. The fraction of sp³-hybridized carbons (Fsp3) is 0.167. The first-order valence-corrected chi connectivity index (χ1v) is 6.65. The average Bonchev–Trinajstić information content (AvgIpc) is 2.56. The molecule has 2 rings (SSSR count). The molecule has 0 atom stereocenters. The molecule has 1 heterocycles. The zero-order valence-corrected chi connectivity index (χ0v) is 10.4. The van der Waals surface area contributed by atoms with Gasteiger partial charge in [-0.05, 0) is 19.1 Å². The summed E-state index contributed by atoms with van der Waals surface area (Å²) in [5.41, 5.74) is 0.550. The van der Waals surface area contributed by atoms with Gasteiger partial charge in [-0.3, -0.25) is 4.79 Å². The molecule has 1 aliphatic rings. The summed E-state index contributed by atoms with van der Waals surface area (Å²) < 4.78 is 25.0. The molecule has 0 fully saturated rings. The molecule has 1 aromatic rings. The van der Waals surface area contributed by atoms with Gasteiger partial charge >= 0.3 is 0 Å². The summed E-state index contributed by atoms with van der Waals surface area (Å²) in [6, 6.07) is 7.96.